The van der Waals surface area contributed by atoms with Crippen molar-refractivity contribution in [2.24, 2.45) is 0 Å². The van der Waals surface area contributed by atoms with E-state index in [9.17, 15) is 15.1 Å². The van der Waals surface area contributed by atoms with Crippen LogP contribution >= 0.6 is 0 Å². The summed E-state index contributed by atoms with van der Waals surface area (Å²) >= 11 is 0. The number of rotatable bonds is 12. The smallest absolute Gasteiger partial charge is 0.199 e. The van der Waals surface area contributed by atoms with Crippen LogP contribution in [-0.4, -0.2) is 27.7 Å². The van der Waals surface area contributed by atoms with E-state index in [0.29, 0.717) is 31.5 Å². The number of aliphatic hydroxyl groups excluding tert-OH is 1. The molecule has 1 rings (SSSR count). The average Bonchev–Trinajstić information content (AvgIpc) is 2.51. The summed E-state index contributed by atoms with van der Waals surface area (Å²) in [5.74, 6) is -0.482. The van der Waals surface area contributed by atoms with Crippen molar-refractivity contribution >= 4 is 5.78 Å². The number of hydrogen-bond donors (Lipinski definition) is 2. The first-order chi connectivity index (χ1) is 10.7. The van der Waals surface area contributed by atoms with Gasteiger partial charge in [-0.1, -0.05) is 64.7 Å². The average molecular weight is 311 g/mol. The monoisotopic (exact) mass is 311 g/mol. The van der Waals surface area contributed by atoms with Gasteiger partial charge in [0.05, 0.1) is 5.70 Å². The highest BCUT2D eigenvalue weighted by Crippen LogP contribution is 2.22. The normalized spacial score (nSPS) is 15.5. The molecule has 0 bridgehead atoms. The van der Waals surface area contributed by atoms with E-state index in [0.717, 1.165) is 17.9 Å². The Hall–Kier alpha value is -1.03. The van der Waals surface area contributed by atoms with Crippen LogP contribution in [-0.2, 0) is 4.79 Å². The van der Waals surface area contributed by atoms with E-state index in [1.54, 1.807) is 0 Å². The van der Waals surface area contributed by atoms with Crippen molar-refractivity contribution in [1.82, 2.24) is 5.06 Å². The van der Waals surface area contributed by atoms with Gasteiger partial charge in [-0.15, -0.1) is 0 Å². The fourth-order valence-corrected chi connectivity index (χ4v) is 2.95. The van der Waals surface area contributed by atoms with Crippen LogP contribution in [0, 0.1) is 0 Å². The fraction of sp³-hybridized carbons (Fsp3) is 0.833. The number of hydrogen-bond acceptors (Lipinski definition) is 4. The van der Waals surface area contributed by atoms with E-state index >= 15 is 0 Å². The van der Waals surface area contributed by atoms with Gasteiger partial charge >= 0.3 is 0 Å². The van der Waals surface area contributed by atoms with E-state index in [-0.39, 0.29) is 11.5 Å². The maximum atomic E-state index is 11.4. The van der Waals surface area contributed by atoms with E-state index < -0.39 is 0 Å². The van der Waals surface area contributed by atoms with Crippen molar-refractivity contribution in [2.75, 3.05) is 6.54 Å². The fourth-order valence-electron chi connectivity index (χ4n) is 2.95. The third-order valence-corrected chi connectivity index (χ3v) is 4.39. The van der Waals surface area contributed by atoms with Crippen LogP contribution in [0.15, 0.2) is 11.5 Å². The molecule has 0 aromatic heterocycles. The molecule has 0 fully saturated rings. The Kier molecular flexibility index (Phi) is 9.96. The van der Waals surface area contributed by atoms with Crippen molar-refractivity contribution in [3.05, 3.63) is 11.5 Å². The molecule has 0 aliphatic heterocycles. The molecule has 22 heavy (non-hydrogen) atoms. The van der Waals surface area contributed by atoms with E-state index in [1.807, 2.05) is 0 Å². The number of aliphatic hydroxyl groups is 1. The number of nitrogens with zero attached hydrogens (tertiary/aromatic N) is 1. The maximum absolute atomic E-state index is 11.4. The van der Waals surface area contributed by atoms with Crippen molar-refractivity contribution < 1.29 is 15.1 Å². The molecule has 128 valence electrons. The van der Waals surface area contributed by atoms with Gasteiger partial charge in [0.1, 0.15) is 0 Å². The van der Waals surface area contributed by atoms with Gasteiger partial charge < -0.3 is 5.11 Å². The first-order valence-corrected chi connectivity index (χ1v) is 9.08. The third-order valence-electron chi connectivity index (χ3n) is 4.39. The molecular formula is C18H33NO3. The summed E-state index contributed by atoms with van der Waals surface area (Å²) in [6, 6.07) is 0. The molecule has 0 aromatic carbocycles. The molecular weight excluding hydrogens is 278 g/mol. The SMILES string of the molecule is CCCCCCCCCCCCN(O)C1=C(O)C(=O)CCC1. The molecule has 0 amide bonds. The van der Waals surface area contributed by atoms with Crippen molar-refractivity contribution in [3.8, 4) is 0 Å². The molecule has 4 heteroatoms. The van der Waals surface area contributed by atoms with Crippen LogP contribution in [0.25, 0.3) is 0 Å². The highest BCUT2D eigenvalue weighted by molar-refractivity contribution is 5.94. The topological polar surface area (TPSA) is 60.8 Å². The number of unbranched alkanes of at least 4 members (excludes halogenated alkanes) is 9. The van der Waals surface area contributed by atoms with Crippen LogP contribution in [0.1, 0.15) is 90.4 Å². The molecule has 0 heterocycles. The zero-order valence-electron chi connectivity index (χ0n) is 14.1. The molecule has 0 radical (unpaired) electrons. The molecule has 0 aromatic rings. The second-order valence-corrected chi connectivity index (χ2v) is 6.38. The lowest BCUT2D eigenvalue weighted by atomic mass is 10.0. The Morgan fingerprint density at radius 2 is 1.45 bits per heavy atom. The van der Waals surface area contributed by atoms with Gasteiger partial charge in [0.2, 0.25) is 0 Å². The van der Waals surface area contributed by atoms with E-state index in [4.69, 9.17) is 0 Å². The highest BCUT2D eigenvalue weighted by Gasteiger charge is 2.23. The summed E-state index contributed by atoms with van der Waals surface area (Å²) in [5.41, 5.74) is 0.409. The molecule has 0 atom stereocenters. The molecule has 2 N–H and O–H groups in total. The number of ketones is 1. The molecule has 0 saturated carbocycles. The van der Waals surface area contributed by atoms with Crippen LogP contribution in [0.3, 0.4) is 0 Å². The minimum Gasteiger partial charge on any atom is -0.503 e. The first-order valence-electron chi connectivity index (χ1n) is 9.08. The zero-order valence-corrected chi connectivity index (χ0v) is 14.1. The summed E-state index contributed by atoms with van der Waals surface area (Å²) < 4.78 is 0. The van der Waals surface area contributed by atoms with E-state index in [1.165, 1.54) is 51.4 Å². The van der Waals surface area contributed by atoms with Crippen molar-refractivity contribution in [1.29, 1.82) is 0 Å². The van der Waals surface area contributed by atoms with Crippen LogP contribution in [0.4, 0.5) is 0 Å². The van der Waals surface area contributed by atoms with Gasteiger partial charge in [0.15, 0.2) is 11.5 Å². The summed E-state index contributed by atoms with van der Waals surface area (Å²) in [5, 5.41) is 20.7. The summed E-state index contributed by atoms with van der Waals surface area (Å²) in [6.45, 7) is 2.74. The molecule has 0 unspecified atom stereocenters. The summed E-state index contributed by atoms with van der Waals surface area (Å²) in [6.07, 6.45) is 14.2. The number of carbonyl (C=O) groups is 1. The number of Topliss-reactive ketones (excluding diaryl/α,β-unsaturated/α-hetero) is 1. The van der Waals surface area contributed by atoms with Gasteiger partial charge in [-0.05, 0) is 19.3 Å². The third kappa shape index (κ3) is 7.30. The predicted octanol–water partition coefficient (Wildman–Crippen LogP) is 5.12. The van der Waals surface area contributed by atoms with Gasteiger partial charge in [0.25, 0.3) is 0 Å². The molecule has 1 aliphatic carbocycles. The molecule has 0 saturated heterocycles. The van der Waals surface area contributed by atoms with Crippen molar-refractivity contribution in [2.45, 2.75) is 90.4 Å². The maximum Gasteiger partial charge on any atom is 0.199 e. The summed E-state index contributed by atoms with van der Waals surface area (Å²) in [4.78, 5) is 11.4. The quantitative estimate of drug-likeness (QED) is 0.388. The van der Waals surface area contributed by atoms with Gasteiger partial charge in [0, 0.05) is 13.0 Å². The Labute approximate surface area is 135 Å². The van der Waals surface area contributed by atoms with Crippen molar-refractivity contribution in [3.63, 3.8) is 0 Å². The van der Waals surface area contributed by atoms with Gasteiger partial charge in [-0.3, -0.25) is 15.1 Å². The largest absolute Gasteiger partial charge is 0.503 e. The zero-order chi connectivity index (χ0) is 16.2. The lowest BCUT2D eigenvalue weighted by molar-refractivity contribution is -0.121. The Morgan fingerprint density at radius 1 is 0.909 bits per heavy atom. The highest BCUT2D eigenvalue weighted by atomic mass is 16.5. The standard InChI is InChI=1S/C18H33NO3/c1-2-3-4-5-6-7-8-9-10-11-15-19(22)16-13-12-14-17(20)18(16)21/h21-22H,2-15H2,1H3. The second kappa shape index (κ2) is 11.5. The van der Waals surface area contributed by atoms with Gasteiger partial charge in [-0.2, -0.15) is 0 Å². The Bertz CT molecular complexity index is 352. The summed E-state index contributed by atoms with van der Waals surface area (Å²) in [7, 11) is 0. The number of carbonyl (C=O) groups excluding carboxylic acids is 1. The predicted molar refractivity (Wildman–Crippen MR) is 88.8 cm³/mol. The number of allylic oxidation sites excluding steroid dienone is 2. The van der Waals surface area contributed by atoms with Crippen LogP contribution in [0.5, 0.6) is 0 Å². The lowest BCUT2D eigenvalue weighted by Crippen LogP contribution is -2.26. The van der Waals surface area contributed by atoms with Crippen LogP contribution in [0.2, 0.25) is 0 Å². The Balaban J connectivity index is 2.02. The Morgan fingerprint density at radius 3 is 2.05 bits per heavy atom. The second-order valence-electron chi connectivity index (χ2n) is 6.38. The lowest BCUT2D eigenvalue weighted by Gasteiger charge is -2.24. The minimum atomic E-state index is -0.247. The van der Waals surface area contributed by atoms with Gasteiger partial charge in [-0.25, -0.2) is 0 Å². The minimum absolute atomic E-state index is 0.235. The molecule has 0 spiro atoms. The number of hydroxylamine groups is 2. The van der Waals surface area contributed by atoms with Crippen LogP contribution < -0.4 is 0 Å². The first kappa shape index (κ1) is 19.0. The molecule has 1 aliphatic rings. The van der Waals surface area contributed by atoms with E-state index in [2.05, 4.69) is 6.92 Å². The molecule has 4 nitrogen and oxygen atoms in total.